The molecule has 0 aromatic heterocycles. The quantitative estimate of drug-likeness (QED) is 0.742. The maximum absolute atomic E-state index is 6.05. The minimum atomic E-state index is 0.348. The Kier molecular flexibility index (Phi) is 4.13. The van der Waals surface area contributed by atoms with Crippen molar-refractivity contribution in [3.8, 4) is 5.75 Å². The van der Waals surface area contributed by atoms with Gasteiger partial charge in [0, 0.05) is 4.90 Å². The fourth-order valence-corrected chi connectivity index (χ4v) is 2.08. The number of hydrogen-bond donors (Lipinski definition) is 2. The van der Waals surface area contributed by atoms with E-state index in [-0.39, 0.29) is 0 Å². The average molecular weight is 237 g/mol. The summed E-state index contributed by atoms with van der Waals surface area (Å²) in [6.45, 7) is 1.01. The molecule has 0 spiro atoms. The van der Waals surface area contributed by atoms with Crippen LogP contribution in [-0.4, -0.2) is 19.7 Å². The number of para-hydroxylation sites is 1. The maximum Gasteiger partial charge on any atom is 0.133 e. The second-order valence-electron chi connectivity index (χ2n) is 4.35. The van der Waals surface area contributed by atoms with Crippen LogP contribution in [0, 0.1) is 5.92 Å². The van der Waals surface area contributed by atoms with Gasteiger partial charge in [0.05, 0.1) is 0 Å². The summed E-state index contributed by atoms with van der Waals surface area (Å²) in [7, 11) is 1.98. The summed E-state index contributed by atoms with van der Waals surface area (Å²) in [5, 5.41) is 3.18. The van der Waals surface area contributed by atoms with Gasteiger partial charge in [-0.1, -0.05) is 12.1 Å². The van der Waals surface area contributed by atoms with E-state index >= 15 is 0 Å². The van der Waals surface area contributed by atoms with E-state index in [0.29, 0.717) is 6.10 Å². The second-order valence-corrected chi connectivity index (χ2v) is 4.84. The van der Waals surface area contributed by atoms with E-state index < -0.39 is 0 Å². The fraction of sp³-hybridized carbons (Fsp3) is 0.538. The third kappa shape index (κ3) is 3.16. The van der Waals surface area contributed by atoms with Gasteiger partial charge in [0.1, 0.15) is 11.9 Å². The first kappa shape index (κ1) is 11.8. The molecule has 1 aromatic rings. The van der Waals surface area contributed by atoms with Crippen LogP contribution < -0.4 is 10.1 Å². The molecule has 1 aliphatic rings. The Morgan fingerprint density at radius 1 is 1.44 bits per heavy atom. The lowest BCUT2D eigenvalue weighted by atomic mass is 10.1. The molecule has 2 rings (SSSR count). The summed E-state index contributed by atoms with van der Waals surface area (Å²) in [6, 6.07) is 7.95. The van der Waals surface area contributed by atoms with Crippen LogP contribution in [-0.2, 0) is 0 Å². The van der Waals surface area contributed by atoms with Crippen molar-refractivity contribution in [1.82, 2.24) is 5.32 Å². The molecule has 1 aromatic carbocycles. The largest absolute Gasteiger partial charge is 0.489 e. The smallest absolute Gasteiger partial charge is 0.133 e. The summed E-state index contributed by atoms with van der Waals surface area (Å²) in [6.07, 6.45) is 4.04. The number of rotatable bonds is 6. The predicted molar refractivity (Wildman–Crippen MR) is 69.4 cm³/mol. The summed E-state index contributed by atoms with van der Waals surface area (Å²) in [5.41, 5.74) is 0. The third-order valence-electron chi connectivity index (χ3n) is 2.97. The van der Waals surface area contributed by atoms with Crippen LogP contribution in [0.15, 0.2) is 29.2 Å². The lowest BCUT2D eigenvalue weighted by Gasteiger charge is -2.19. The molecule has 0 saturated heterocycles. The molecule has 0 bridgehead atoms. The first-order chi connectivity index (χ1) is 7.81. The third-order valence-corrected chi connectivity index (χ3v) is 3.34. The molecule has 1 atom stereocenters. The van der Waals surface area contributed by atoms with Crippen LogP contribution in [0.3, 0.4) is 0 Å². The lowest BCUT2D eigenvalue weighted by Crippen LogP contribution is -2.24. The molecular weight excluding hydrogens is 218 g/mol. The molecule has 1 N–H and O–H groups in total. The zero-order valence-corrected chi connectivity index (χ0v) is 10.5. The van der Waals surface area contributed by atoms with Crippen LogP contribution in [0.5, 0.6) is 5.75 Å². The molecule has 1 aliphatic carbocycles. The highest BCUT2D eigenvalue weighted by molar-refractivity contribution is 7.80. The van der Waals surface area contributed by atoms with Gasteiger partial charge in [-0.25, -0.2) is 0 Å². The van der Waals surface area contributed by atoms with Gasteiger partial charge in [-0.3, -0.25) is 0 Å². The van der Waals surface area contributed by atoms with E-state index in [2.05, 4.69) is 17.9 Å². The van der Waals surface area contributed by atoms with Crippen LogP contribution in [0.2, 0.25) is 0 Å². The number of thiol groups is 1. The minimum Gasteiger partial charge on any atom is -0.489 e. The highest BCUT2D eigenvalue weighted by atomic mass is 32.1. The van der Waals surface area contributed by atoms with Gasteiger partial charge >= 0.3 is 0 Å². The van der Waals surface area contributed by atoms with Crippen molar-refractivity contribution in [2.75, 3.05) is 13.6 Å². The normalized spacial score (nSPS) is 17.1. The summed E-state index contributed by atoms with van der Waals surface area (Å²) in [5.74, 6) is 1.67. The zero-order chi connectivity index (χ0) is 11.4. The molecule has 88 valence electrons. The van der Waals surface area contributed by atoms with Crippen molar-refractivity contribution in [2.45, 2.75) is 30.3 Å². The summed E-state index contributed by atoms with van der Waals surface area (Å²) >= 11 is 4.41. The average Bonchev–Trinajstić information content (AvgIpc) is 3.10. The Morgan fingerprint density at radius 3 is 2.81 bits per heavy atom. The van der Waals surface area contributed by atoms with E-state index in [1.54, 1.807) is 0 Å². The van der Waals surface area contributed by atoms with Gasteiger partial charge in [-0.2, -0.15) is 0 Å². The highest BCUT2D eigenvalue weighted by Gasteiger charge is 2.32. The first-order valence-corrected chi connectivity index (χ1v) is 6.35. The molecule has 1 unspecified atom stereocenters. The van der Waals surface area contributed by atoms with Crippen molar-refractivity contribution in [2.24, 2.45) is 5.92 Å². The van der Waals surface area contributed by atoms with E-state index in [4.69, 9.17) is 4.74 Å². The number of hydrogen-bond acceptors (Lipinski definition) is 3. The van der Waals surface area contributed by atoms with E-state index in [0.717, 1.165) is 29.5 Å². The van der Waals surface area contributed by atoms with Gasteiger partial charge in [0.25, 0.3) is 0 Å². The number of benzene rings is 1. The van der Waals surface area contributed by atoms with Crippen LogP contribution in [0.4, 0.5) is 0 Å². The molecule has 1 fully saturated rings. The van der Waals surface area contributed by atoms with Crippen LogP contribution >= 0.6 is 12.6 Å². The SMILES string of the molecule is CNCCC(Oc1ccccc1S)C1CC1. The Morgan fingerprint density at radius 2 is 2.19 bits per heavy atom. The Labute approximate surface area is 103 Å². The molecule has 0 heterocycles. The monoisotopic (exact) mass is 237 g/mol. The lowest BCUT2D eigenvalue weighted by molar-refractivity contribution is 0.164. The highest BCUT2D eigenvalue weighted by Crippen LogP contribution is 2.37. The van der Waals surface area contributed by atoms with Gasteiger partial charge in [-0.05, 0) is 50.9 Å². The summed E-state index contributed by atoms with van der Waals surface area (Å²) < 4.78 is 6.05. The second kappa shape index (κ2) is 5.60. The Hall–Kier alpha value is -0.670. The fourth-order valence-electron chi connectivity index (χ4n) is 1.87. The van der Waals surface area contributed by atoms with Gasteiger partial charge in [0.15, 0.2) is 0 Å². The molecule has 3 heteroatoms. The maximum atomic E-state index is 6.05. The van der Waals surface area contributed by atoms with Gasteiger partial charge in [0.2, 0.25) is 0 Å². The van der Waals surface area contributed by atoms with Crippen LogP contribution in [0.1, 0.15) is 19.3 Å². The van der Waals surface area contributed by atoms with Crippen LogP contribution in [0.25, 0.3) is 0 Å². The van der Waals surface area contributed by atoms with Crippen molar-refractivity contribution in [3.63, 3.8) is 0 Å². The number of ether oxygens (including phenoxy) is 1. The standard InChI is InChI=1S/C13H19NOS/c1-14-9-8-11(10-6-7-10)15-12-4-2-3-5-13(12)16/h2-5,10-11,14,16H,6-9H2,1H3. The van der Waals surface area contributed by atoms with Crippen molar-refractivity contribution < 1.29 is 4.74 Å². The molecule has 0 aliphatic heterocycles. The van der Waals surface area contributed by atoms with E-state index in [1.165, 1.54) is 12.8 Å². The molecule has 2 nitrogen and oxygen atoms in total. The zero-order valence-electron chi connectivity index (χ0n) is 9.65. The van der Waals surface area contributed by atoms with Gasteiger partial charge < -0.3 is 10.1 Å². The number of nitrogens with one attached hydrogen (secondary N) is 1. The Balaban J connectivity index is 1.97. The van der Waals surface area contributed by atoms with Gasteiger partial charge in [-0.15, -0.1) is 12.6 Å². The molecular formula is C13H19NOS. The molecule has 16 heavy (non-hydrogen) atoms. The molecule has 0 amide bonds. The van der Waals surface area contributed by atoms with E-state index in [1.807, 2.05) is 31.3 Å². The Bertz CT molecular complexity index is 338. The van der Waals surface area contributed by atoms with Crippen molar-refractivity contribution >= 4 is 12.6 Å². The topological polar surface area (TPSA) is 21.3 Å². The minimum absolute atomic E-state index is 0.348. The van der Waals surface area contributed by atoms with Crippen molar-refractivity contribution in [1.29, 1.82) is 0 Å². The molecule has 1 saturated carbocycles. The first-order valence-electron chi connectivity index (χ1n) is 5.90. The summed E-state index contributed by atoms with van der Waals surface area (Å²) in [4.78, 5) is 0.928. The molecule has 0 radical (unpaired) electrons. The van der Waals surface area contributed by atoms with Crippen molar-refractivity contribution in [3.05, 3.63) is 24.3 Å². The van der Waals surface area contributed by atoms with E-state index in [9.17, 15) is 0 Å². The predicted octanol–water partition coefficient (Wildman–Crippen LogP) is 2.74.